The van der Waals surface area contributed by atoms with Crippen LogP contribution in [0.25, 0.3) is 0 Å². The molecule has 3 unspecified atom stereocenters. The van der Waals surface area contributed by atoms with Crippen molar-refractivity contribution in [1.29, 1.82) is 0 Å². The lowest BCUT2D eigenvalue weighted by Gasteiger charge is -2.19. The first-order chi connectivity index (χ1) is 20.1. The molecule has 1 saturated carbocycles. The average Bonchev–Trinajstić information content (AvgIpc) is 3.14. The average molecular weight is 571 g/mol. The summed E-state index contributed by atoms with van der Waals surface area (Å²) in [5.41, 5.74) is 16.7. The first-order valence-corrected chi connectivity index (χ1v) is 16.5. The molecule has 5 rings (SSSR count). The van der Waals surface area contributed by atoms with Crippen LogP contribution < -0.4 is 11.5 Å². The normalized spacial score (nSPS) is 23.4. The van der Waals surface area contributed by atoms with Crippen LogP contribution >= 0.6 is 11.8 Å². The molecular formula is C34H46N6S. The van der Waals surface area contributed by atoms with E-state index in [1.54, 1.807) is 11.8 Å². The molecule has 41 heavy (non-hydrogen) atoms. The Kier molecular flexibility index (Phi) is 10.8. The zero-order valence-corrected chi connectivity index (χ0v) is 25.4. The number of thioether (sulfide) groups is 1. The van der Waals surface area contributed by atoms with E-state index in [1.165, 1.54) is 81.0 Å². The van der Waals surface area contributed by atoms with Gasteiger partial charge in [-0.15, -0.1) is 0 Å². The SMILES string of the molecule is CC1CCC(=Nc2cc(Cc3ccccc3)nc(N)n2)Sc2nc(C3CCCCCC(CCN)CCCC3)ccc21. The van der Waals surface area contributed by atoms with Crippen LogP contribution in [0.1, 0.15) is 118 Å². The van der Waals surface area contributed by atoms with Gasteiger partial charge >= 0.3 is 0 Å². The molecule has 1 aromatic carbocycles. The van der Waals surface area contributed by atoms with E-state index in [9.17, 15) is 0 Å². The first kappa shape index (κ1) is 29.7. The smallest absolute Gasteiger partial charge is 0.222 e. The third-order valence-electron chi connectivity index (χ3n) is 8.77. The van der Waals surface area contributed by atoms with Gasteiger partial charge in [-0.05, 0) is 67.7 Å². The molecule has 0 spiro atoms. The summed E-state index contributed by atoms with van der Waals surface area (Å²) in [6.07, 6.45) is 15.5. The molecule has 2 aromatic heterocycles. The molecule has 3 heterocycles. The Bertz CT molecular complexity index is 1290. The van der Waals surface area contributed by atoms with Crippen molar-refractivity contribution in [3.63, 3.8) is 0 Å². The molecule has 218 valence electrons. The highest BCUT2D eigenvalue weighted by Crippen LogP contribution is 2.39. The van der Waals surface area contributed by atoms with Crippen LogP contribution in [0.15, 0.2) is 58.5 Å². The minimum absolute atomic E-state index is 0.270. The van der Waals surface area contributed by atoms with E-state index in [1.807, 2.05) is 24.3 Å². The van der Waals surface area contributed by atoms with E-state index in [0.29, 0.717) is 24.1 Å². The maximum atomic E-state index is 6.11. The van der Waals surface area contributed by atoms with Gasteiger partial charge in [-0.3, -0.25) is 0 Å². The highest BCUT2D eigenvalue weighted by molar-refractivity contribution is 8.14. The third-order valence-corrected chi connectivity index (χ3v) is 9.82. The van der Waals surface area contributed by atoms with Crippen molar-refractivity contribution in [3.8, 4) is 0 Å². The minimum Gasteiger partial charge on any atom is -0.368 e. The van der Waals surface area contributed by atoms with Crippen molar-refractivity contribution in [1.82, 2.24) is 15.0 Å². The summed E-state index contributed by atoms with van der Waals surface area (Å²) in [5.74, 6) is 2.70. The molecule has 1 aliphatic heterocycles. The minimum atomic E-state index is 0.270. The quantitative estimate of drug-likeness (QED) is 0.309. The molecule has 1 fully saturated rings. The Balaban J connectivity index is 1.33. The van der Waals surface area contributed by atoms with Crippen LogP contribution in [0.3, 0.4) is 0 Å². The predicted octanol–water partition coefficient (Wildman–Crippen LogP) is 8.34. The highest BCUT2D eigenvalue weighted by atomic mass is 32.2. The second-order valence-electron chi connectivity index (χ2n) is 12.0. The molecular weight excluding hydrogens is 524 g/mol. The Morgan fingerprint density at radius 2 is 1.63 bits per heavy atom. The molecule has 1 aliphatic carbocycles. The summed E-state index contributed by atoms with van der Waals surface area (Å²) >= 11 is 1.72. The maximum absolute atomic E-state index is 6.11. The van der Waals surface area contributed by atoms with Gasteiger partial charge < -0.3 is 11.5 Å². The van der Waals surface area contributed by atoms with Crippen LogP contribution in [0.5, 0.6) is 0 Å². The standard InChI is InChI=1S/C34H46N6S/c1-24-16-19-32(39-31-23-28(37-34(36)40-31)22-26-12-5-2-6-13-26)41-33-29(24)17-18-30(38-33)27-14-7-3-4-10-25(20-21-35)11-8-9-15-27/h2,5-6,12-13,17-18,23-25,27H,3-4,7-11,14-16,19-22,35H2,1H3,(H2,36,37,40). The van der Waals surface area contributed by atoms with Gasteiger partial charge in [-0.25, -0.2) is 15.0 Å². The van der Waals surface area contributed by atoms with Crippen molar-refractivity contribution in [2.75, 3.05) is 12.3 Å². The lowest BCUT2D eigenvalue weighted by molar-refractivity contribution is 0.393. The summed E-state index contributed by atoms with van der Waals surface area (Å²) in [6, 6.07) is 17.0. The number of nitrogens with zero attached hydrogens (tertiary/aromatic N) is 4. The summed E-state index contributed by atoms with van der Waals surface area (Å²) in [5, 5.41) is 2.17. The van der Waals surface area contributed by atoms with Gasteiger partial charge in [0.2, 0.25) is 5.95 Å². The fraction of sp³-hybridized carbons (Fsp3) is 0.529. The van der Waals surface area contributed by atoms with Gasteiger partial charge in [0.05, 0.1) is 10.7 Å². The Morgan fingerprint density at radius 3 is 2.44 bits per heavy atom. The number of nitrogen functional groups attached to an aromatic ring is 1. The number of aromatic nitrogens is 3. The van der Waals surface area contributed by atoms with Crippen LogP contribution in [0.2, 0.25) is 0 Å². The number of fused-ring (bicyclic) bond motifs is 1. The van der Waals surface area contributed by atoms with E-state index in [4.69, 9.17) is 21.4 Å². The van der Waals surface area contributed by atoms with Gasteiger partial charge in [-0.2, -0.15) is 4.98 Å². The van der Waals surface area contributed by atoms with Crippen LogP contribution in [-0.4, -0.2) is 26.5 Å². The van der Waals surface area contributed by atoms with E-state index in [-0.39, 0.29) is 5.95 Å². The second kappa shape index (κ2) is 14.9. The maximum Gasteiger partial charge on any atom is 0.222 e. The Morgan fingerprint density at radius 1 is 0.878 bits per heavy atom. The molecule has 0 amide bonds. The van der Waals surface area contributed by atoms with Crippen molar-refractivity contribution in [2.45, 2.75) is 107 Å². The van der Waals surface area contributed by atoms with Crippen LogP contribution in [0.4, 0.5) is 11.8 Å². The fourth-order valence-electron chi connectivity index (χ4n) is 6.40. The first-order valence-electron chi connectivity index (χ1n) is 15.7. The molecule has 0 saturated heterocycles. The number of hydrogen-bond donors (Lipinski definition) is 2. The van der Waals surface area contributed by atoms with E-state index < -0.39 is 0 Å². The summed E-state index contributed by atoms with van der Waals surface area (Å²) < 4.78 is 0. The van der Waals surface area contributed by atoms with Crippen molar-refractivity contribution < 1.29 is 0 Å². The Hall–Kier alpha value is -2.77. The summed E-state index contributed by atoms with van der Waals surface area (Å²) in [6.45, 7) is 3.14. The van der Waals surface area contributed by atoms with E-state index in [0.717, 1.165) is 41.1 Å². The van der Waals surface area contributed by atoms with Gasteiger partial charge in [0.1, 0.15) is 5.03 Å². The monoisotopic (exact) mass is 570 g/mol. The second-order valence-corrected chi connectivity index (χ2v) is 13.0. The molecule has 7 heteroatoms. The number of pyridine rings is 1. The van der Waals surface area contributed by atoms with Crippen molar-refractivity contribution >= 4 is 28.6 Å². The van der Waals surface area contributed by atoms with Crippen molar-refractivity contribution in [2.24, 2.45) is 16.6 Å². The molecule has 2 aliphatic rings. The molecule has 0 bridgehead atoms. The number of nitrogens with two attached hydrogens (primary N) is 2. The van der Waals surface area contributed by atoms with Gasteiger partial charge in [0.25, 0.3) is 0 Å². The number of rotatable bonds is 6. The van der Waals surface area contributed by atoms with E-state index >= 15 is 0 Å². The third kappa shape index (κ3) is 8.62. The lowest BCUT2D eigenvalue weighted by Crippen LogP contribution is -2.09. The molecule has 3 atom stereocenters. The summed E-state index contributed by atoms with van der Waals surface area (Å²) in [4.78, 5) is 19.3. The zero-order valence-electron chi connectivity index (χ0n) is 24.6. The predicted molar refractivity (Wildman–Crippen MR) is 172 cm³/mol. The van der Waals surface area contributed by atoms with E-state index in [2.05, 4.69) is 41.2 Å². The molecule has 6 nitrogen and oxygen atoms in total. The molecule has 3 aromatic rings. The molecule has 4 N–H and O–H groups in total. The highest BCUT2D eigenvalue weighted by Gasteiger charge is 2.23. The largest absolute Gasteiger partial charge is 0.368 e. The molecule has 0 radical (unpaired) electrons. The van der Waals surface area contributed by atoms with Crippen LogP contribution in [0, 0.1) is 5.92 Å². The zero-order chi connectivity index (χ0) is 28.4. The summed E-state index contributed by atoms with van der Waals surface area (Å²) in [7, 11) is 0. The number of aliphatic imine (C=N–C) groups is 1. The number of anilines is 1. The topological polar surface area (TPSA) is 103 Å². The lowest BCUT2D eigenvalue weighted by atomic mass is 9.90. The Labute approximate surface area is 250 Å². The number of hydrogen-bond acceptors (Lipinski definition) is 7. The van der Waals surface area contributed by atoms with Gasteiger partial charge in [0, 0.05) is 24.1 Å². The fourth-order valence-corrected chi connectivity index (χ4v) is 7.52. The van der Waals surface area contributed by atoms with Gasteiger partial charge in [-0.1, -0.05) is 100 Å². The van der Waals surface area contributed by atoms with Crippen LogP contribution in [-0.2, 0) is 6.42 Å². The number of benzene rings is 1. The van der Waals surface area contributed by atoms with Gasteiger partial charge in [0.15, 0.2) is 5.82 Å². The van der Waals surface area contributed by atoms with Crippen molar-refractivity contribution in [3.05, 3.63) is 71.0 Å².